The van der Waals surface area contributed by atoms with E-state index in [9.17, 15) is 14.9 Å². The SMILES string of the molecule is COc1ccc(CCNc2ccc(NC(=O)/C=C/c3ccc([N+](=O)[O-])s3)cn2)cc1. The molecule has 1 amide bonds. The molecule has 0 radical (unpaired) electrons. The van der Waals surface area contributed by atoms with E-state index in [1.807, 2.05) is 24.3 Å². The lowest BCUT2D eigenvalue weighted by Gasteiger charge is -2.07. The standard InChI is InChI=1S/C21H20N4O4S/c1-29-17-5-2-15(3-6-17)12-13-22-19-9-4-16(14-23-19)24-20(26)10-7-18-8-11-21(30-18)25(27)28/h2-11,14H,12-13H2,1H3,(H,22,23)(H,24,26)/b10-7+. The van der Waals surface area contributed by atoms with Crippen LogP contribution in [0.2, 0.25) is 0 Å². The number of anilines is 2. The number of benzene rings is 1. The predicted molar refractivity (Wildman–Crippen MR) is 118 cm³/mol. The Morgan fingerprint density at radius 1 is 1.20 bits per heavy atom. The number of rotatable bonds is 9. The molecule has 30 heavy (non-hydrogen) atoms. The molecule has 0 spiro atoms. The second-order valence-electron chi connectivity index (χ2n) is 6.21. The van der Waals surface area contributed by atoms with Crippen molar-refractivity contribution in [2.45, 2.75) is 6.42 Å². The highest BCUT2D eigenvalue weighted by atomic mass is 32.1. The average molecular weight is 424 g/mol. The monoisotopic (exact) mass is 424 g/mol. The molecule has 0 aliphatic carbocycles. The van der Waals surface area contributed by atoms with Crippen LogP contribution in [-0.2, 0) is 11.2 Å². The van der Waals surface area contributed by atoms with Gasteiger partial charge in [-0.2, -0.15) is 0 Å². The molecule has 2 N–H and O–H groups in total. The number of aromatic nitrogens is 1. The fraction of sp³-hybridized carbons (Fsp3) is 0.143. The van der Waals surface area contributed by atoms with Crippen LogP contribution in [0.15, 0.2) is 60.8 Å². The van der Waals surface area contributed by atoms with Gasteiger partial charge in [0.25, 0.3) is 0 Å². The van der Waals surface area contributed by atoms with Crippen molar-refractivity contribution in [3.05, 3.63) is 81.4 Å². The Hall–Kier alpha value is -3.72. The minimum absolute atomic E-state index is 0.0364. The molecule has 0 atom stereocenters. The molecule has 154 valence electrons. The number of ether oxygens (including phenoxy) is 1. The Kier molecular flexibility index (Phi) is 7.12. The van der Waals surface area contributed by atoms with Gasteiger partial charge in [0.2, 0.25) is 5.91 Å². The van der Waals surface area contributed by atoms with Gasteiger partial charge in [-0.1, -0.05) is 23.5 Å². The number of pyridine rings is 1. The van der Waals surface area contributed by atoms with Crippen LogP contribution in [0.1, 0.15) is 10.4 Å². The van der Waals surface area contributed by atoms with Crippen molar-refractivity contribution in [3.8, 4) is 5.75 Å². The van der Waals surface area contributed by atoms with Crippen LogP contribution < -0.4 is 15.4 Å². The van der Waals surface area contributed by atoms with Crippen molar-refractivity contribution in [3.63, 3.8) is 0 Å². The van der Waals surface area contributed by atoms with Gasteiger partial charge in [-0.25, -0.2) is 4.98 Å². The molecule has 1 aromatic carbocycles. The molecule has 0 aliphatic rings. The Morgan fingerprint density at radius 2 is 2.00 bits per heavy atom. The van der Waals surface area contributed by atoms with Crippen LogP contribution in [0.3, 0.4) is 0 Å². The number of hydrogen-bond donors (Lipinski definition) is 2. The van der Waals surface area contributed by atoms with Crippen LogP contribution >= 0.6 is 11.3 Å². The van der Waals surface area contributed by atoms with E-state index in [-0.39, 0.29) is 10.9 Å². The lowest BCUT2D eigenvalue weighted by molar-refractivity contribution is -0.380. The fourth-order valence-corrected chi connectivity index (χ4v) is 3.30. The van der Waals surface area contributed by atoms with E-state index in [1.54, 1.807) is 31.5 Å². The molecule has 9 heteroatoms. The Bertz CT molecular complexity index is 1030. The van der Waals surface area contributed by atoms with E-state index < -0.39 is 4.92 Å². The lowest BCUT2D eigenvalue weighted by Crippen LogP contribution is -2.09. The molecule has 0 saturated carbocycles. The summed E-state index contributed by atoms with van der Waals surface area (Å²) in [6.07, 6.45) is 5.28. The number of amides is 1. The maximum absolute atomic E-state index is 12.0. The summed E-state index contributed by atoms with van der Waals surface area (Å²) in [6, 6.07) is 14.5. The number of nitro groups is 1. The molecule has 0 fully saturated rings. The third kappa shape index (κ3) is 6.14. The average Bonchev–Trinajstić information content (AvgIpc) is 3.24. The smallest absolute Gasteiger partial charge is 0.324 e. The van der Waals surface area contributed by atoms with Crippen molar-refractivity contribution in [1.82, 2.24) is 4.98 Å². The number of thiophene rings is 1. The van der Waals surface area contributed by atoms with Gasteiger partial charge >= 0.3 is 5.00 Å². The lowest BCUT2D eigenvalue weighted by atomic mass is 10.1. The highest BCUT2D eigenvalue weighted by Crippen LogP contribution is 2.24. The molecular formula is C21H20N4O4S. The van der Waals surface area contributed by atoms with Crippen LogP contribution in [0.4, 0.5) is 16.5 Å². The minimum Gasteiger partial charge on any atom is -0.497 e. The maximum Gasteiger partial charge on any atom is 0.324 e. The van der Waals surface area contributed by atoms with Crippen LogP contribution in [0.5, 0.6) is 5.75 Å². The topological polar surface area (TPSA) is 106 Å². The number of carbonyl (C=O) groups is 1. The fourth-order valence-electron chi connectivity index (χ4n) is 2.57. The molecular weight excluding hydrogens is 404 g/mol. The molecule has 8 nitrogen and oxygen atoms in total. The number of nitrogens with one attached hydrogen (secondary N) is 2. The van der Waals surface area contributed by atoms with Gasteiger partial charge in [-0.05, 0) is 48.4 Å². The van der Waals surface area contributed by atoms with Gasteiger partial charge in [0.05, 0.1) is 23.9 Å². The van der Waals surface area contributed by atoms with E-state index in [4.69, 9.17) is 4.74 Å². The van der Waals surface area contributed by atoms with E-state index in [2.05, 4.69) is 15.6 Å². The van der Waals surface area contributed by atoms with Gasteiger partial charge in [-0.15, -0.1) is 0 Å². The van der Waals surface area contributed by atoms with Gasteiger partial charge < -0.3 is 15.4 Å². The third-order valence-electron chi connectivity index (χ3n) is 4.10. The minimum atomic E-state index is -0.458. The van der Waals surface area contributed by atoms with Crippen molar-refractivity contribution in [2.24, 2.45) is 0 Å². The summed E-state index contributed by atoms with van der Waals surface area (Å²) < 4.78 is 5.15. The highest BCUT2D eigenvalue weighted by molar-refractivity contribution is 7.16. The number of carbonyl (C=O) groups excluding carboxylic acids is 1. The van der Waals surface area contributed by atoms with E-state index in [0.29, 0.717) is 16.4 Å². The van der Waals surface area contributed by atoms with Gasteiger partial charge in [0.1, 0.15) is 11.6 Å². The maximum atomic E-state index is 12.0. The quantitative estimate of drug-likeness (QED) is 0.300. The van der Waals surface area contributed by atoms with Crippen molar-refractivity contribution in [2.75, 3.05) is 24.3 Å². The summed E-state index contributed by atoms with van der Waals surface area (Å²) in [7, 11) is 1.64. The van der Waals surface area contributed by atoms with E-state index in [0.717, 1.165) is 30.1 Å². The van der Waals surface area contributed by atoms with Gasteiger partial charge in [0, 0.05) is 23.6 Å². The molecule has 3 aromatic rings. The third-order valence-corrected chi connectivity index (χ3v) is 5.10. The molecule has 2 aromatic heterocycles. The normalized spacial score (nSPS) is 10.7. The second-order valence-corrected chi connectivity index (χ2v) is 7.31. The van der Waals surface area contributed by atoms with Crippen molar-refractivity contribution >= 4 is 39.8 Å². The van der Waals surface area contributed by atoms with Crippen LogP contribution in [0, 0.1) is 10.1 Å². The molecule has 0 unspecified atom stereocenters. The van der Waals surface area contributed by atoms with E-state index >= 15 is 0 Å². The van der Waals surface area contributed by atoms with Crippen LogP contribution in [-0.4, -0.2) is 29.5 Å². The summed E-state index contributed by atoms with van der Waals surface area (Å²) in [4.78, 5) is 27.1. The van der Waals surface area contributed by atoms with Crippen LogP contribution in [0.25, 0.3) is 6.08 Å². The zero-order chi connectivity index (χ0) is 21.3. The summed E-state index contributed by atoms with van der Waals surface area (Å²) in [5, 5.41) is 16.7. The predicted octanol–water partition coefficient (Wildman–Crippen LogP) is 4.37. The first-order valence-corrected chi connectivity index (χ1v) is 9.91. The van der Waals surface area contributed by atoms with E-state index in [1.165, 1.54) is 23.8 Å². The largest absolute Gasteiger partial charge is 0.497 e. The van der Waals surface area contributed by atoms with Crippen molar-refractivity contribution in [1.29, 1.82) is 0 Å². The second kappa shape index (κ2) is 10.2. The molecule has 0 aliphatic heterocycles. The summed E-state index contributed by atoms with van der Waals surface area (Å²) in [5.41, 5.74) is 1.75. The number of nitrogens with zero attached hydrogens (tertiary/aromatic N) is 2. The zero-order valence-corrected chi connectivity index (χ0v) is 17.0. The number of hydrogen-bond acceptors (Lipinski definition) is 7. The first-order chi connectivity index (χ1) is 14.5. The zero-order valence-electron chi connectivity index (χ0n) is 16.2. The van der Waals surface area contributed by atoms with Gasteiger partial charge in [0.15, 0.2) is 0 Å². The molecule has 0 bridgehead atoms. The van der Waals surface area contributed by atoms with Gasteiger partial charge in [-0.3, -0.25) is 14.9 Å². The Balaban J connectivity index is 1.45. The molecule has 0 saturated heterocycles. The summed E-state index contributed by atoms with van der Waals surface area (Å²) in [5.74, 6) is 1.20. The number of methoxy groups -OCH3 is 1. The Morgan fingerprint density at radius 3 is 2.63 bits per heavy atom. The first-order valence-electron chi connectivity index (χ1n) is 9.09. The highest BCUT2D eigenvalue weighted by Gasteiger charge is 2.08. The summed E-state index contributed by atoms with van der Waals surface area (Å²) in [6.45, 7) is 0.723. The first kappa shape index (κ1) is 21.0. The Labute approximate surface area is 177 Å². The molecule has 2 heterocycles. The van der Waals surface area contributed by atoms with Crippen molar-refractivity contribution < 1.29 is 14.5 Å². The molecule has 3 rings (SSSR count). The summed E-state index contributed by atoms with van der Waals surface area (Å²) >= 11 is 1.01.